The first-order valence-electron chi connectivity index (χ1n) is 8.11. The van der Waals surface area contributed by atoms with Crippen molar-refractivity contribution >= 4 is 27.7 Å². The van der Waals surface area contributed by atoms with Gasteiger partial charge < -0.3 is 4.90 Å². The molecule has 1 aliphatic rings. The van der Waals surface area contributed by atoms with E-state index in [1.54, 1.807) is 16.7 Å². The molecule has 1 aromatic rings. The summed E-state index contributed by atoms with van der Waals surface area (Å²) in [5.74, 6) is 0.553. The van der Waals surface area contributed by atoms with Crippen molar-refractivity contribution in [3.8, 4) is 0 Å². The Labute approximate surface area is 149 Å². The molecule has 0 unspecified atom stereocenters. The highest BCUT2D eigenvalue weighted by molar-refractivity contribution is 8.01. The van der Waals surface area contributed by atoms with Crippen LogP contribution in [-0.4, -0.2) is 60.2 Å². The highest BCUT2D eigenvalue weighted by Gasteiger charge is 2.29. The zero-order chi connectivity index (χ0) is 17.8. The molecule has 1 saturated heterocycles. The van der Waals surface area contributed by atoms with Crippen LogP contribution >= 0.6 is 11.8 Å². The van der Waals surface area contributed by atoms with Gasteiger partial charge in [0.2, 0.25) is 15.9 Å². The molecule has 1 aromatic carbocycles. The maximum atomic E-state index is 12.5. The summed E-state index contributed by atoms with van der Waals surface area (Å²) in [5, 5.41) is 0. The lowest BCUT2D eigenvalue weighted by atomic mass is 10.2. The summed E-state index contributed by atoms with van der Waals surface area (Å²) >= 11 is 1.62. The molecule has 1 heterocycles. The first-order valence-corrected chi connectivity index (χ1v) is 10.7. The molecule has 0 N–H and O–H groups in total. The highest BCUT2D eigenvalue weighted by atomic mass is 32.2. The van der Waals surface area contributed by atoms with Crippen LogP contribution in [0, 0.1) is 0 Å². The third-order valence-electron chi connectivity index (χ3n) is 3.81. The normalized spacial score (nSPS) is 17.0. The van der Waals surface area contributed by atoms with Crippen LogP contribution in [0.4, 0.5) is 0 Å². The van der Waals surface area contributed by atoms with Gasteiger partial charge in [-0.2, -0.15) is 4.31 Å². The minimum Gasteiger partial charge on any atom is -0.339 e. The summed E-state index contributed by atoms with van der Waals surface area (Å²) in [7, 11) is -3.33. The Kier molecular flexibility index (Phi) is 6.33. The van der Waals surface area contributed by atoms with E-state index in [0.717, 1.165) is 5.56 Å². The molecule has 1 aliphatic heterocycles. The van der Waals surface area contributed by atoms with E-state index >= 15 is 0 Å². The van der Waals surface area contributed by atoms with Gasteiger partial charge >= 0.3 is 0 Å². The number of thioether (sulfide) groups is 1. The molecule has 1 fully saturated rings. The smallest absolute Gasteiger partial charge is 0.232 e. The molecule has 134 valence electrons. The Morgan fingerprint density at radius 1 is 1.08 bits per heavy atom. The maximum Gasteiger partial charge on any atom is 0.232 e. The fourth-order valence-corrected chi connectivity index (χ4v) is 4.72. The quantitative estimate of drug-likeness (QED) is 0.797. The van der Waals surface area contributed by atoms with Crippen molar-refractivity contribution in [3.05, 3.63) is 35.9 Å². The number of hydrogen-bond acceptors (Lipinski definition) is 4. The first-order chi connectivity index (χ1) is 11.2. The van der Waals surface area contributed by atoms with Crippen molar-refractivity contribution in [3.63, 3.8) is 0 Å². The lowest BCUT2D eigenvalue weighted by Gasteiger charge is -2.34. The van der Waals surface area contributed by atoms with Crippen LogP contribution in [-0.2, 0) is 20.6 Å². The van der Waals surface area contributed by atoms with Crippen molar-refractivity contribution in [1.82, 2.24) is 9.21 Å². The second kappa shape index (κ2) is 7.89. The topological polar surface area (TPSA) is 57.7 Å². The number of carbonyl (C=O) groups excluding carboxylic acids is 1. The summed E-state index contributed by atoms with van der Waals surface area (Å²) < 4.78 is 26.6. The van der Waals surface area contributed by atoms with E-state index in [2.05, 4.69) is 20.8 Å². The van der Waals surface area contributed by atoms with Gasteiger partial charge in [0.15, 0.2) is 0 Å². The fourth-order valence-electron chi connectivity index (χ4n) is 2.46. The van der Waals surface area contributed by atoms with Crippen LogP contribution < -0.4 is 0 Å². The minimum atomic E-state index is -3.33. The van der Waals surface area contributed by atoms with Crippen LogP contribution in [0.15, 0.2) is 30.3 Å². The second-order valence-corrected chi connectivity index (χ2v) is 10.7. The van der Waals surface area contributed by atoms with Crippen LogP contribution in [0.3, 0.4) is 0 Å². The molecule has 0 saturated carbocycles. The third-order valence-corrected chi connectivity index (χ3v) is 6.91. The summed E-state index contributed by atoms with van der Waals surface area (Å²) in [4.78, 5) is 14.0. The van der Waals surface area contributed by atoms with Gasteiger partial charge in [-0.15, -0.1) is 11.8 Å². The Balaban J connectivity index is 1.86. The standard InChI is InChI=1S/C17H26N2O3S2/c1-17(2,3)23-13-16(20)18-9-11-19(12-10-18)24(21,22)14-15-7-5-4-6-8-15/h4-8H,9-14H2,1-3H3. The summed E-state index contributed by atoms with van der Waals surface area (Å²) in [6.07, 6.45) is 0. The van der Waals surface area contributed by atoms with Crippen molar-refractivity contribution in [2.45, 2.75) is 31.3 Å². The number of amides is 1. The summed E-state index contributed by atoms with van der Waals surface area (Å²) in [5.41, 5.74) is 0.789. The molecule has 7 heteroatoms. The molecule has 0 atom stereocenters. The number of nitrogens with zero attached hydrogens (tertiary/aromatic N) is 2. The van der Waals surface area contributed by atoms with Crippen LogP contribution in [0.1, 0.15) is 26.3 Å². The summed E-state index contributed by atoms with van der Waals surface area (Å²) in [6, 6.07) is 9.20. The second-order valence-electron chi connectivity index (χ2n) is 6.92. The fraction of sp³-hybridized carbons (Fsp3) is 0.588. The predicted molar refractivity (Wildman–Crippen MR) is 99.4 cm³/mol. The van der Waals surface area contributed by atoms with E-state index < -0.39 is 10.0 Å². The number of sulfonamides is 1. The van der Waals surface area contributed by atoms with Crippen molar-refractivity contribution in [1.29, 1.82) is 0 Å². The predicted octanol–water partition coefficient (Wildman–Crippen LogP) is 2.19. The van der Waals surface area contributed by atoms with Crippen molar-refractivity contribution < 1.29 is 13.2 Å². The van der Waals surface area contributed by atoms with E-state index in [-0.39, 0.29) is 16.4 Å². The van der Waals surface area contributed by atoms with Crippen molar-refractivity contribution in [2.24, 2.45) is 0 Å². The third kappa shape index (κ3) is 5.79. The summed E-state index contributed by atoms with van der Waals surface area (Å²) in [6.45, 7) is 7.94. The van der Waals surface area contributed by atoms with E-state index in [1.807, 2.05) is 30.3 Å². The SMILES string of the molecule is CC(C)(C)SCC(=O)N1CCN(S(=O)(=O)Cc2ccccc2)CC1. The van der Waals surface area contributed by atoms with E-state index in [1.165, 1.54) is 4.31 Å². The van der Waals surface area contributed by atoms with Gasteiger partial charge in [-0.05, 0) is 5.56 Å². The number of rotatable bonds is 5. The molecule has 1 amide bonds. The lowest BCUT2D eigenvalue weighted by Crippen LogP contribution is -2.51. The van der Waals surface area contributed by atoms with Gasteiger partial charge in [0.25, 0.3) is 0 Å². The molecule has 5 nitrogen and oxygen atoms in total. The van der Waals surface area contributed by atoms with E-state index in [0.29, 0.717) is 31.9 Å². The van der Waals surface area contributed by atoms with Gasteiger partial charge in [-0.25, -0.2) is 8.42 Å². The van der Waals surface area contributed by atoms with E-state index in [9.17, 15) is 13.2 Å². The van der Waals surface area contributed by atoms with E-state index in [4.69, 9.17) is 0 Å². The lowest BCUT2D eigenvalue weighted by molar-refractivity contribution is -0.129. The molecule has 24 heavy (non-hydrogen) atoms. The number of benzene rings is 1. The van der Waals surface area contributed by atoms with Gasteiger partial charge in [-0.3, -0.25) is 4.79 Å². The number of piperazine rings is 1. The molecule has 0 radical (unpaired) electrons. The molecule has 0 bridgehead atoms. The van der Waals surface area contributed by atoms with Crippen LogP contribution in [0.5, 0.6) is 0 Å². The van der Waals surface area contributed by atoms with Gasteiger partial charge in [0, 0.05) is 30.9 Å². The monoisotopic (exact) mass is 370 g/mol. The van der Waals surface area contributed by atoms with Gasteiger partial charge in [-0.1, -0.05) is 51.1 Å². The zero-order valence-corrected chi connectivity index (χ0v) is 16.2. The molecular formula is C17H26N2O3S2. The average molecular weight is 371 g/mol. The largest absolute Gasteiger partial charge is 0.339 e. The Morgan fingerprint density at radius 3 is 2.21 bits per heavy atom. The minimum absolute atomic E-state index is 0.0155. The Hall–Kier alpha value is -1.05. The number of carbonyl (C=O) groups is 1. The highest BCUT2D eigenvalue weighted by Crippen LogP contribution is 2.23. The number of hydrogen-bond donors (Lipinski definition) is 0. The first kappa shape index (κ1) is 19.3. The molecule has 0 aromatic heterocycles. The van der Waals surface area contributed by atoms with Crippen molar-refractivity contribution in [2.75, 3.05) is 31.9 Å². The van der Waals surface area contributed by atoms with Gasteiger partial charge in [0.05, 0.1) is 11.5 Å². The Morgan fingerprint density at radius 2 is 1.67 bits per heavy atom. The molecule has 2 rings (SSSR count). The van der Waals surface area contributed by atoms with Gasteiger partial charge in [0.1, 0.15) is 0 Å². The average Bonchev–Trinajstić information content (AvgIpc) is 2.52. The zero-order valence-electron chi connectivity index (χ0n) is 14.6. The van der Waals surface area contributed by atoms with Crippen LogP contribution in [0.25, 0.3) is 0 Å². The maximum absolute atomic E-state index is 12.5. The molecule has 0 spiro atoms. The molecular weight excluding hydrogens is 344 g/mol. The molecule has 0 aliphatic carbocycles. The van der Waals surface area contributed by atoms with Crippen LogP contribution in [0.2, 0.25) is 0 Å². The Bertz CT molecular complexity index is 646.